The van der Waals surface area contributed by atoms with Gasteiger partial charge in [0.1, 0.15) is 6.04 Å². The highest BCUT2D eigenvalue weighted by Crippen LogP contribution is 2.12. The minimum Gasteiger partial charge on any atom is -0.394 e. The highest BCUT2D eigenvalue weighted by Gasteiger charge is 2.25. The molecule has 0 rings (SSSR count). The van der Waals surface area contributed by atoms with E-state index < -0.39 is 24.0 Å². The first-order valence-corrected chi connectivity index (χ1v) is 4.00. The Hall–Kier alpha value is -1.10. The third-order valence-electron chi connectivity index (χ3n) is 1.51. The number of rotatable bonds is 3. The normalized spacial score (nSPS) is 13.5. The molecule has 13 heavy (non-hydrogen) atoms. The predicted molar refractivity (Wildman–Crippen MR) is 47.7 cm³/mol. The molecule has 0 aromatic heterocycles. The number of carbonyl (C=O) groups is 2. The summed E-state index contributed by atoms with van der Waals surface area (Å²) in [5, 5.41) is 11.0. The molecule has 76 valence electrons. The standard InChI is InChI=1S/C8H16N2O3/c1-8(2,3)7(13)10-5(4-11)6(9)12/h5,11H,4H2,1-3H3,(H2,9,12)(H,10,13). The lowest BCUT2D eigenvalue weighted by atomic mass is 9.95. The van der Waals surface area contributed by atoms with E-state index in [-0.39, 0.29) is 5.91 Å². The molecule has 1 atom stereocenters. The van der Waals surface area contributed by atoms with Crippen molar-refractivity contribution in [3.05, 3.63) is 0 Å². The molecule has 0 saturated carbocycles. The van der Waals surface area contributed by atoms with Crippen LogP contribution in [0.3, 0.4) is 0 Å². The molecule has 2 amide bonds. The van der Waals surface area contributed by atoms with Crippen LogP contribution < -0.4 is 11.1 Å². The van der Waals surface area contributed by atoms with E-state index in [1.54, 1.807) is 20.8 Å². The second-order valence-corrected chi connectivity index (χ2v) is 3.86. The summed E-state index contributed by atoms with van der Waals surface area (Å²) in [6.45, 7) is 4.64. The van der Waals surface area contributed by atoms with Gasteiger partial charge in [0, 0.05) is 5.41 Å². The van der Waals surface area contributed by atoms with Crippen LogP contribution >= 0.6 is 0 Å². The number of hydrogen-bond acceptors (Lipinski definition) is 3. The van der Waals surface area contributed by atoms with E-state index in [9.17, 15) is 9.59 Å². The average Bonchev–Trinajstić information content (AvgIpc) is 1.96. The van der Waals surface area contributed by atoms with Gasteiger partial charge in [0.15, 0.2) is 0 Å². The average molecular weight is 188 g/mol. The van der Waals surface area contributed by atoms with E-state index in [1.165, 1.54) is 0 Å². The van der Waals surface area contributed by atoms with Gasteiger partial charge in [-0.3, -0.25) is 9.59 Å². The molecular weight excluding hydrogens is 172 g/mol. The monoisotopic (exact) mass is 188 g/mol. The highest BCUT2D eigenvalue weighted by molar-refractivity contribution is 5.88. The molecule has 0 spiro atoms. The molecule has 0 aliphatic carbocycles. The highest BCUT2D eigenvalue weighted by atomic mass is 16.3. The quantitative estimate of drug-likeness (QED) is 0.530. The second-order valence-electron chi connectivity index (χ2n) is 3.86. The smallest absolute Gasteiger partial charge is 0.242 e. The van der Waals surface area contributed by atoms with Gasteiger partial charge >= 0.3 is 0 Å². The van der Waals surface area contributed by atoms with Crippen LogP contribution in [0.25, 0.3) is 0 Å². The fourth-order valence-electron chi connectivity index (χ4n) is 0.581. The zero-order chi connectivity index (χ0) is 10.6. The number of aliphatic hydroxyl groups excluding tert-OH is 1. The summed E-state index contributed by atoms with van der Waals surface area (Å²) in [6, 6.07) is -0.994. The Morgan fingerprint density at radius 2 is 1.92 bits per heavy atom. The molecule has 0 fully saturated rings. The van der Waals surface area contributed by atoms with Crippen LogP contribution in [0.5, 0.6) is 0 Å². The zero-order valence-corrected chi connectivity index (χ0v) is 8.13. The molecule has 0 bridgehead atoms. The maximum Gasteiger partial charge on any atom is 0.242 e. The van der Waals surface area contributed by atoms with Gasteiger partial charge < -0.3 is 16.2 Å². The van der Waals surface area contributed by atoms with Crippen molar-refractivity contribution in [3.8, 4) is 0 Å². The van der Waals surface area contributed by atoms with Crippen molar-refractivity contribution in [1.82, 2.24) is 5.32 Å². The van der Waals surface area contributed by atoms with Gasteiger partial charge in [0.2, 0.25) is 11.8 Å². The van der Waals surface area contributed by atoms with Gasteiger partial charge in [-0.25, -0.2) is 0 Å². The topological polar surface area (TPSA) is 92.4 Å². The third-order valence-corrected chi connectivity index (χ3v) is 1.51. The Labute approximate surface area is 77.3 Å². The number of amides is 2. The second kappa shape index (κ2) is 4.23. The molecule has 0 aromatic rings. The van der Waals surface area contributed by atoms with E-state index in [0.717, 1.165) is 0 Å². The fourth-order valence-corrected chi connectivity index (χ4v) is 0.581. The molecule has 0 radical (unpaired) electrons. The van der Waals surface area contributed by atoms with Crippen LogP contribution in [0.1, 0.15) is 20.8 Å². The molecule has 5 nitrogen and oxygen atoms in total. The molecule has 4 N–H and O–H groups in total. The van der Waals surface area contributed by atoms with Crippen LogP contribution in [0.2, 0.25) is 0 Å². The Morgan fingerprint density at radius 1 is 1.46 bits per heavy atom. The van der Waals surface area contributed by atoms with E-state index in [0.29, 0.717) is 0 Å². The Kier molecular flexibility index (Phi) is 3.87. The molecule has 0 aliphatic heterocycles. The summed E-state index contributed by atoms with van der Waals surface area (Å²) in [6.07, 6.45) is 0. The number of primary amides is 1. The molecular formula is C8H16N2O3. The van der Waals surface area contributed by atoms with E-state index in [4.69, 9.17) is 10.8 Å². The van der Waals surface area contributed by atoms with Gasteiger partial charge in [-0.15, -0.1) is 0 Å². The maximum absolute atomic E-state index is 11.3. The zero-order valence-electron chi connectivity index (χ0n) is 8.13. The van der Waals surface area contributed by atoms with Crippen molar-refractivity contribution in [2.24, 2.45) is 11.1 Å². The number of nitrogens with two attached hydrogens (primary N) is 1. The summed E-state index contributed by atoms with van der Waals surface area (Å²) >= 11 is 0. The van der Waals surface area contributed by atoms with Crippen molar-refractivity contribution >= 4 is 11.8 Å². The lowest BCUT2D eigenvalue weighted by Crippen LogP contribution is -2.50. The first kappa shape index (κ1) is 11.9. The first-order chi connectivity index (χ1) is 5.79. The van der Waals surface area contributed by atoms with E-state index in [1.807, 2.05) is 0 Å². The van der Waals surface area contributed by atoms with Crippen molar-refractivity contribution in [2.75, 3.05) is 6.61 Å². The van der Waals surface area contributed by atoms with Crippen LogP contribution in [0.4, 0.5) is 0 Å². The molecule has 5 heteroatoms. The molecule has 1 unspecified atom stereocenters. The Bertz CT molecular complexity index is 208. The van der Waals surface area contributed by atoms with Gasteiger partial charge in [0.05, 0.1) is 6.61 Å². The number of carbonyl (C=O) groups excluding carboxylic acids is 2. The molecule has 0 aliphatic rings. The van der Waals surface area contributed by atoms with E-state index >= 15 is 0 Å². The maximum atomic E-state index is 11.3. The van der Waals surface area contributed by atoms with Crippen LogP contribution in [-0.2, 0) is 9.59 Å². The summed E-state index contributed by atoms with van der Waals surface area (Å²) in [5.74, 6) is -1.05. The molecule has 0 heterocycles. The Balaban J connectivity index is 4.26. The molecule has 0 aromatic carbocycles. The van der Waals surface area contributed by atoms with Gasteiger partial charge in [0.25, 0.3) is 0 Å². The Morgan fingerprint density at radius 3 is 2.15 bits per heavy atom. The molecule has 0 saturated heterocycles. The van der Waals surface area contributed by atoms with Crippen LogP contribution in [0.15, 0.2) is 0 Å². The summed E-state index contributed by atoms with van der Waals surface area (Å²) in [5.41, 5.74) is 4.33. The predicted octanol–water partition coefficient (Wildman–Crippen LogP) is -1.01. The SMILES string of the molecule is CC(C)(C)C(=O)NC(CO)C(N)=O. The number of aliphatic hydroxyl groups is 1. The fraction of sp³-hybridized carbons (Fsp3) is 0.750. The lowest BCUT2D eigenvalue weighted by molar-refractivity contribution is -0.133. The van der Waals surface area contributed by atoms with Crippen molar-refractivity contribution < 1.29 is 14.7 Å². The van der Waals surface area contributed by atoms with Crippen molar-refractivity contribution in [1.29, 1.82) is 0 Å². The minimum absolute atomic E-state index is 0.314. The van der Waals surface area contributed by atoms with Crippen LogP contribution in [0, 0.1) is 5.41 Å². The van der Waals surface area contributed by atoms with Crippen molar-refractivity contribution in [3.63, 3.8) is 0 Å². The van der Waals surface area contributed by atoms with E-state index in [2.05, 4.69) is 5.32 Å². The number of hydrogen-bond donors (Lipinski definition) is 3. The van der Waals surface area contributed by atoms with Gasteiger partial charge in [-0.05, 0) is 0 Å². The number of nitrogens with one attached hydrogen (secondary N) is 1. The largest absolute Gasteiger partial charge is 0.394 e. The summed E-state index contributed by atoms with van der Waals surface area (Å²) in [7, 11) is 0. The first-order valence-electron chi connectivity index (χ1n) is 4.00. The van der Waals surface area contributed by atoms with Gasteiger partial charge in [-0.1, -0.05) is 20.8 Å². The van der Waals surface area contributed by atoms with Crippen LogP contribution in [-0.4, -0.2) is 29.6 Å². The summed E-state index contributed by atoms with van der Waals surface area (Å²) < 4.78 is 0. The van der Waals surface area contributed by atoms with Gasteiger partial charge in [-0.2, -0.15) is 0 Å². The summed E-state index contributed by atoms with van der Waals surface area (Å²) in [4.78, 5) is 21.9. The van der Waals surface area contributed by atoms with Crippen molar-refractivity contribution in [2.45, 2.75) is 26.8 Å². The lowest BCUT2D eigenvalue weighted by Gasteiger charge is -2.21. The third kappa shape index (κ3) is 3.89. The minimum atomic E-state index is -0.994.